The third-order valence-corrected chi connectivity index (χ3v) is 11.0. The van der Waals surface area contributed by atoms with Gasteiger partial charge in [-0.2, -0.15) is 0 Å². The van der Waals surface area contributed by atoms with Crippen molar-refractivity contribution >= 4 is 41.8 Å². The Bertz CT molecular complexity index is 1320. The van der Waals surface area contributed by atoms with Crippen molar-refractivity contribution < 1.29 is 9.09 Å². The molecule has 0 saturated carbocycles. The summed E-state index contributed by atoms with van der Waals surface area (Å²) >= 11 is 0. The second kappa shape index (κ2) is 11.0. The molecule has 0 aliphatic rings. The van der Waals surface area contributed by atoms with E-state index in [1.54, 1.807) is 0 Å². The van der Waals surface area contributed by atoms with Crippen molar-refractivity contribution in [3.05, 3.63) is 151 Å². The number of rotatable bonds is 8. The molecule has 35 heavy (non-hydrogen) atoms. The van der Waals surface area contributed by atoms with Crippen LogP contribution in [0.4, 0.5) is 0 Å². The standard InChI is InChI=1S/C31H26O2P2/c32-35(29-20-9-3-10-21-29,30-22-11-4-12-23-30)31-24-14-13-15-26(31)25-33-34(27-16-5-1-6-17-27)28-18-7-2-8-19-28/h1-24H,25H2. The molecule has 0 amide bonds. The lowest BCUT2D eigenvalue weighted by atomic mass is 10.2. The van der Waals surface area contributed by atoms with E-state index in [4.69, 9.17) is 4.52 Å². The predicted molar refractivity (Wildman–Crippen MR) is 150 cm³/mol. The molecule has 172 valence electrons. The highest BCUT2D eigenvalue weighted by atomic mass is 31.2. The van der Waals surface area contributed by atoms with Crippen LogP contribution in [0.25, 0.3) is 0 Å². The Hall–Kier alpha value is -3.28. The van der Waals surface area contributed by atoms with E-state index in [0.717, 1.165) is 32.1 Å². The van der Waals surface area contributed by atoms with Crippen molar-refractivity contribution in [2.24, 2.45) is 0 Å². The minimum Gasteiger partial charge on any atom is -0.345 e. The maximum absolute atomic E-state index is 15.0. The van der Waals surface area contributed by atoms with Crippen molar-refractivity contribution in [1.29, 1.82) is 0 Å². The van der Waals surface area contributed by atoms with E-state index in [9.17, 15) is 4.57 Å². The average molecular weight is 492 g/mol. The fourth-order valence-electron chi connectivity index (χ4n) is 4.20. The smallest absolute Gasteiger partial charge is 0.171 e. The van der Waals surface area contributed by atoms with Gasteiger partial charge in [-0.15, -0.1) is 0 Å². The third kappa shape index (κ3) is 5.07. The second-order valence-electron chi connectivity index (χ2n) is 8.15. The van der Waals surface area contributed by atoms with E-state index >= 15 is 0 Å². The fourth-order valence-corrected chi connectivity index (χ4v) is 8.83. The highest BCUT2D eigenvalue weighted by Crippen LogP contribution is 2.44. The summed E-state index contributed by atoms with van der Waals surface area (Å²) in [6, 6.07) is 48.3. The summed E-state index contributed by atoms with van der Waals surface area (Å²) < 4.78 is 21.6. The monoisotopic (exact) mass is 492 g/mol. The largest absolute Gasteiger partial charge is 0.345 e. The molecular weight excluding hydrogens is 466 g/mol. The highest BCUT2D eigenvalue weighted by Gasteiger charge is 2.31. The van der Waals surface area contributed by atoms with E-state index in [2.05, 4.69) is 24.3 Å². The summed E-state index contributed by atoms with van der Waals surface area (Å²) in [4.78, 5) is 0. The first kappa shape index (κ1) is 23.5. The topological polar surface area (TPSA) is 26.3 Å². The van der Waals surface area contributed by atoms with Crippen molar-refractivity contribution in [1.82, 2.24) is 0 Å². The van der Waals surface area contributed by atoms with E-state index in [1.807, 2.05) is 121 Å². The van der Waals surface area contributed by atoms with Crippen molar-refractivity contribution in [3.63, 3.8) is 0 Å². The molecule has 0 aliphatic carbocycles. The Kier molecular flexibility index (Phi) is 7.36. The van der Waals surface area contributed by atoms with Gasteiger partial charge in [-0.25, -0.2) is 0 Å². The maximum Gasteiger partial charge on any atom is 0.171 e. The van der Waals surface area contributed by atoms with E-state index < -0.39 is 15.3 Å². The normalized spacial score (nSPS) is 11.5. The van der Waals surface area contributed by atoms with Crippen molar-refractivity contribution in [2.45, 2.75) is 6.61 Å². The van der Waals surface area contributed by atoms with Crippen LogP contribution in [0.3, 0.4) is 0 Å². The zero-order valence-corrected chi connectivity index (χ0v) is 21.1. The molecule has 0 saturated heterocycles. The van der Waals surface area contributed by atoms with Crippen LogP contribution in [0.1, 0.15) is 5.56 Å². The predicted octanol–water partition coefficient (Wildman–Crippen LogP) is 5.89. The van der Waals surface area contributed by atoms with Gasteiger partial charge in [0, 0.05) is 26.5 Å². The van der Waals surface area contributed by atoms with E-state index in [1.165, 1.54) is 0 Å². The van der Waals surface area contributed by atoms with Crippen LogP contribution in [0.15, 0.2) is 146 Å². The van der Waals surface area contributed by atoms with Crippen LogP contribution in [0.5, 0.6) is 0 Å². The molecule has 4 heteroatoms. The van der Waals surface area contributed by atoms with E-state index in [0.29, 0.717) is 6.61 Å². The lowest BCUT2D eigenvalue weighted by Gasteiger charge is -2.24. The number of hydrogen-bond donors (Lipinski definition) is 0. The molecule has 5 rings (SSSR count). The fraction of sp³-hybridized carbons (Fsp3) is 0.0323. The van der Waals surface area contributed by atoms with Crippen LogP contribution in [-0.4, -0.2) is 0 Å². The van der Waals surface area contributed by atoms with Gasteiger partial charge in [0.2, 0.25) is 0 Å². The van der Waals surface area contributed by atoms with Crippen LogP contribution < -0.4 is 26.5 Å². The summed E-state index contributed by atoms with van der Waals surface area (Å²) in [6.45, 7) is 0.370. The van der Waals surface area contributed by atoms with E-state index in [-0.39, 0.29) is 0 Å². The van der Waals surface area contributed by atoms with Crippen LogP contribution in [-0.2, 0) is 15.7 Å². The first-order valence-electron chi connectivity index (χ1n) is 11.6. The van der Waals surface area contributed by atoms with Gasteiger partial charge in [0.25, 0.3) is 0 Å². The third-order valence-electron chi connectivity index (χ3n) is 5.90. The summed E-state index contributed by atoms with van der Waals surface area (Å²) in [7, 11) is -4.11. The molecule has 0 aliphatic heterocycles. The minimum atomic E-state index is -3.09. The lowest BCUT2D eigenvalue weighted by Crippen LogP contribution is -2.27. The van der Waals surface area contributed by atoms with Crippen LogP contribution in [0, 0.1) is 0 Å². The molecule has 0 atom stereocenters. The molecule has 5 aromatic carbocycles. The zero-order valence-electron chi connectivity index (χ0n) is 19.3. The summed E-state index contributed by atoms with van der Waals surface area (Å²) in [5.74, 6) is 0. The molecule has 0 fully saturated rings. The van der Waals surface area contributed by atoms with Crippen LogP contribution in [0.2, 0.25) is 0 Å². The van der Waals surface area contributed by atoms with Crippen molar-refractivity contribution in [2.75, 3.05) is 0 Å². The molecular formula is C31H26O2P2. The Morgan fingerprint density at radius 2 is 0.914 bits per heavy atom. The molecule has 0 aromatic heterocycles. The van der Waals surface area contributed by atoms with Gasteiger partial charge >= 0.3 is 0 Å². The molecule has 2 nitrogen and oxygen atoms in total. The Morgan fingerprint density at radius 1 is 0.514 bits per heavy atom. The summed E-state index contributed by atoms with van der Waals surface area (Å²) in [5.41, 5.74) is 0.947. The molecule has 0 radical (unpaired) electrons. The van der Waals surface area contributed by atoms with Gasteiger partial charge in [-0.3, -0.25) is 0 Å². The Morgan fingerprint density at radius 3 is 1.40 bits per heavy atom. The van der Waals surface area contributed by atoms with Gasteiger partial charge in [-0.05, 0) is 5.56 Å². The molecule has 0 bridgehead atoms. The highest BCUT2D eigenvalue weighted by molar-refractivity contribution is 7.85. The lowest BCUT2D eigenvalue weighted by molar-refractivity contribution is 0.351. The minimum absolute atomic E-state index is 0.370. The van der Waals surface area contributed by atoms with Gasteiger partial charge in [-0.1, -0.05) is 146 Å². The molecule has 0 unspecified atom stereocenters. The van der Waals surface area contributed by atoms with Gasteiger partial charge in [0.15, 0.2) is 7.14 Å². The molecule has 5 aromatic rings. The number of benzene rings is 5. The molecule has 0 heterocycles. The SMILES string of the molecule is O=P(c1ccccc1)(c1ccccc1)c1ccccc1COP(c1ccccc1)c1ccccc1. The van der Waals surface area contributed by atoms with Gasteiger partial charge in [0.1, 0.15) is 0 Å². The van der Waals surface area contributed by atoms with Crippen LogP contribution >= 0.6 is 15.3 Å². The van der Waals surface area contributed by atoms with Gasteiger partial charge < -0.3 is 9.09 Å². The first-order chi connectivity index (χ1) is 17.3. The Balaban J connectivity index is 1.56. The van der Waals surface area contributed by atoms with Gasteiger partial charge in [0.05, 0.1) is 14.8 Å². The van der Waals surface area contributed by atoms with Crippen molar-refractivity contribution in [3.8, 4) is 0 Å². The number of hydrogen-bond acceptors (Lipinski definition) is 2. The molecule has 0 spiro atoms. The summed E-state index contributed by atoms with van der Waals surface area (Å²) in [5, 5.41) is 4.79. The average Bonchev–Trinajstić information content (AvgIpc) is 2.95. The quantitative estimate of drug-likeness (QED) is 0.253. The first-order valence-corrected chi connectivity index (χ1v) is 14.6. The summed E-state index contributed by atoms with van der Waals surface area (Å²) in [6.07, 6.45) is 0. The Labute approximate surface area is 208 Å². The maximum atomic E-state index is 15.0. The molecule has 0 N–H and O–H groups in total. The second-order valence-corrected chi connectivity index (χ2v) is 12.8. The zero-order chi connectivity index (χ0) is 23.9.